The molecular formula is C15H23N3O3S. The van der Waals surface area contributed by atoms with Crippen molar-refractivity contribution in [2.45, 2.75) is 32.2 Å². The Hall–Kier alpha value is -1.63. The molecule has 22 heavy (non-hydrogen) atoms. The zero-order valence-corrected chi connectivity index (χ0v) is 13.9. The summed E-state index contributed by atoms with van der Waals surface area (Å²) >= 11 is 0. The van der Waals surface area contributed by atoms with E-state index in [-0.39, 0.29) is 23.5 Å². The zero-order valence-electron chi connectivity index (χ0n) is 13.1. The van der Waals surface area contributed by atoms with E-state index in [0.29, 0.717) is 18.7 Å². The summed E-state index contributed by atoms with van der Waals surface area (Å²) in [5.74, 6) is 0.257. The van der Waals surface area contributed by atoms with Gasteiger partial charge in [0.1, 0.15) is 5.69 Å². The Balaban J connectivity index is 2.02. The molecule has 6 nitrogen and oxygen atoms in total. The molecule has 1 saturated heterocycles. The monoisotopic (exact) mass is 325 g/mol. The second kappa shape index (κ2) is 7.09. The van der Waals surface area contributed by atoms with Crippen LogP contribution in [0.1, 0.15) is 36.7 Å². The Labute approximate surface area is 131 Å². The third-order valence-corrected chi connectivity index (χ3v) is 5.54. The maximum Gasteiger partial charge on any atom is 0.272 e. The molecule has 0 bridgehead atoms. The quantitative estimate of drug-likeness (QED) is 0.858. The van der Waals surface area contributed by atoms with Gasteiger partial charge in [-0.05, 0) is 25.0 Å². The standard InChI is InChI=1S/C15H23N3O3S/c1-3-4-8-18(2)15(19)14-10-12(5-7-16-14)17-13-6-9-22(20,21)11-13/h5,7,10,13H,3-4,6,8-9,11H2,1-2H3,(H,16,17). The molecule has 0 spiro atoms. The number of rotatable bonds is 6. The van der Waals surface area contributed by atoms with Crippen LogP contribution >= 0.6 is 0 Å². The van der Waals surface area contributed by atoms with Gasteiger partial charge in [-0.1, -0.05) is 13.3 Å². The molecule has 7 heteroatoms. The number of hydrogen-bond donors (Lipinski definition) is 1. The fourth-order valence-electron chi connectivity index (χ4n) is 2.47. The number of carbonyl (C=O) groups is 1. The second-order valence-electron chi connectivity index (χ2n) is 5.75. The normalized spacial score (nSPS) is 19.8. The molecule has 1 N–H and O–H groups in total. The third-order valence-electron chi connectivity index (χ3n) is 3.78. The Bertz CT molecular complexity index is 631. The smallest absolute Gasteiger partial charge is 0.272 e. The summed E-state index contributed by atoms with van der Waals surface area (Å²) in [5, 5.41) is 3.18. The van der Waals surface area contributed by atoms with E-state index < -0.39 is 9.84 Å². The van der Waals surface area contributed by atoms with Gasteiger partial charge in [-0.3, -0.25) is 9.78 Å². The predicted molar refractivity (Wildman–Crippen MR) is 86.8 cm³/mol. The third kappa shape index (κ3) is 4.43. The summed E-state index contributed by atoms with van der Waals surface area (Å²) in [7, 11) is -1.15. The van der Waals surface area contributed by atoms with E-state index in [2.05, 4.69) is 17.2 Å². The maximum absolute atomic E-state index is 12.3. The number of amides is 1. The predicted octanol–water partition coefficient (Wildman–Crippen LogP) is 1.55. The fourth-order valence-corrected chi connectivity index (χ4v) is 4.15. The molecular weight excluding hydrogens is 302 g/mol. The van der Waals surface area contributed by atoms with Crippen molar-refractivity contribution in [3.8, 4) is 0 Å². The van der Waals surface area contributed by atoms with E-state index in [0.717, 1.165) is 18.5 Å². The Morgan fingerprint density at radius 3 is 2.91 bits per heavy atom. The zero-order chi connectivity index (χ0) is 16.2. The summed E-state index contributed by atoms with van der Waals surface area (Å²) in [6.07, 6.45) is 4.17. The minimum atomic E-state index is -2.92. The minimum Gasteiger partial charge on any atom is -0.381 e. The van der Waals surface area contributed by atoms with E-state index in [1.807, 2.05) is 0 Å². The molecule has 1 amide bonds. The van der Waals surface area contributed by atoms with Gasteiger partial charge >= 0.3 is 0 Å². The Morgan fingerprint density at radius 1 is 1.50 bits per heavy atom. The number of nitrogens with zero attached hydrogens (tertiary/aromatic N) is 2. The lowest BCUT2D eigenvalue weighted by atomic mass is 10.2. The second-order valence-corrected chi connectivity index (χ2v) is 7.98. The van der Waals surface area contributed by atoms with Crippen LogP contribution in [0.15, 0.2) is 18.3 Å². The molecule has 1 fully saturated rings. The van der Waals surface area contributed by atoms with Crippen LogP contribution in [0.5, 0.6) is 0 Å². The molecule has 1 atom stereocenters. The van der Waals surface area contributed by atoms with E-state index in [1.165, 1.54) is 0 Å². The van der Waals surface area contributed by atoms with E-state index in [9.17, 15) is 13.2 Å². The molecule has 1 aromatic heterocycles. The number of unbranched alkanes of at least 4 members (excludes halogenated alkanes) is 1. The van der Waals surface area contributed by atoms with Crippen molar-refractivity contribution in [1.29, 1.82) is 0 Å². The van der Waals surface area contributed by atoms with Crippen molar-refractivity contribution in [1.82, 2.24) is 9.88 Å². The number of carbonyl (C=O) groups excluding carboxylic acids is 1. The van der Waals surface area contributed by atoms with Crippen molar-refractivity contribution < 1.29 is 13.2 Å². The minimum absolute atomic E-state index is 0.0897. The average Bonchev–Trinajstić information content (AvgIpc) is 2.83. The number of nitrogens with one attached hydrogen (secondary N) is 1. The van der Waals surface area contributed by atoms with Gasteiger partial charge in [-0.2, -0.15) is 0 Å². The van der Waals surface area contributed by atoms with Crippen molar-refractivity contribution in [2.24, 2.45) is 0 Å². The first kappa shape index (κ1) is 16.7. The highest BCUT2D eigenvalue weighted by Gasteiger charge is 2.27. The topological polar surface area (TPSA) is 79.4 Å². The lowest BCUT2D eigenvalue weighted by Crippen LogP contribution is -2.28. The molecule has 0 aromatic carbocycles. The molecule has 1 unspecified atom stereocenters. The van der Waals surface area contributed by atoms with Crippen LogP contribution in [0.25, 0.3) is 0 Å². The highest BCUT2D eigenvalue weighted by Crippen LogP contribution is 2.18. The van der Waals surface area contributed by atoms with E-state index in [1.54, 1.807) is 30.3 Å². The summed E-state index contributed by atoms with van der Waals surface area (Å²) < 4.78 is 23.0. The van der Waals surface area contributed by atoms with Crippen molar-refractivity contribution in [3.63, 3.8) is 0 Å². The first-order valence-corrected chi connectivity index (χ1v) is 9.42. The van der Waals surface area contributed by atoms with E-state index >= 15 is 0 Å². The van der Waals surface area contributed by atoms with Gasteiger partial charge in [0, 0.05) is 31.5 Å². The van der Waals surface area contributed by atoms with Crippen molar-refractivity contribution in [2.75, 3.05) is 30.4 Å². The first-order valence-electron chi connectivity index (χ1n) is 7.60. The van der Waals surface area contributed by atoms with Gasteiger partial charge in [0.2, 0.25) is 0 Å². The Kier molecular flexibility index (Phi) is 5.39. The van der Waals surface area contributed by atoms with Crippen LogP contribution in [0.4, 0.5) is 5.69 Å². The van der Waals surface area contributed by atoms with Crippen LogP contribution in [0, 0.1) is 0 Å². The molecule has 1 aliphatic rings. The summed E-state index contributed by atoms with van der Waals surface area (Å²) in [6, 6.07) is 3.36. The van der Waals surface area contributed by atoms with Gasteiger partial charge in [0.25, 0.3) is 5.91 Å². The highest BCUT2D eigenvalue weighted by atomic mass is 32.2. The molecule has 0 aliphatic carbocycles. The fraction of sp³-hybridized carbons (Fsp3) is 0.600. The lowest BCUT2D eigenvalue weighted by molar-refractivity contribution is 0.0787. The SMILES string of the molecule is CCCCN(C)C(=O)c1cc(NC2CCS(=O)(=O)C2)ccn1. The summed E-state index contributed by atoms with van der Waals surface area (Å²) in [6.45, 7) is 2.78. The molecule has 1 aliphatic heterocycles. The molecule has 2 rings (SSSR count). The number of pyridine rings is 1. The van der Waals surface area contributed by atoms with Gasteiger partial charge < -0.3 is 10.2 Å². The largest absolute Gasteiger partial charge is 0.381 e. The van der Waals surface area contributed by atoms with Crippen molar-refractivity contribution in [3.05, 3.63) is 24.0 Å². The van der Waals surface area contributed by atoms with Gasteiger partial charge in [0.05, 0.1) is 11.5 Å². The van der Waals surface area contributed by atoms with Crippen LogP contribution in [0.2, 0.25) is 0 Å². The summed E-state index contributed by atoms with van der Waals surface area (Å²) in [5.41, 5.74) is 1.12. The number of anilines is 1. The number of aromatic nitrogens is 1. The number of sulfone groups is 1. The van der Waals surface area contributed by atoms with Crippen LogP contribution in [0.3, 0.4) is 0 Å². The van der Waals surface area contributed by atoms with Crippen LogP contribution in [-0.2, 0) is 9.84 Å². The van der Waals surface area contributed by atoms with Crippen LogP contribution in [-0.4, -0.2) is 55.3 Å². The average molecular weight is 325 g/mol. The van der Waals surface area contributed by atoms with Gasteiger partial charge in [0.15, 0.2) is 9.84 Å². The van der Waals surface area contributed by atoms with Crippen LogP contribution < -0.4 is 5.32 Å². The highest BCUT2D eigenvalue weighted by molar-refractivity contribution is 7.91. The van der Waals surface area contributed by atoms with Gasteiger partial charge in [-0.15, -0.1) is 0 Å². The molecule has 0 radical (unpaired) electrons. The van der Waals surface area contributed by atoms with Gasteiger partial charge in [-0.25, -0.2) is 8.42 Å². The lowest BCUT2D eigenvalue weighted by Gasteiger charge is -2.17. The maximum atomic E-state index is 12.3. The number of hydrogen-bond acceptors (Lipinski definition) is 5. The molecule has 122 valence electrons. The molecule has 2 heterocycles. The van der Waals surface area contributed by atoms with Crippen molar-refractivity contribution >= 4 is 21.4 Å². The first-order chi connectivity index (χ1) is 10.4. The Morgan fingerprint density at radius 2 is 2.27 bits per heavy atom. The molecule has 0 saturated carbocycles. The molecule has 1 aromatic rings. The van der Waals surface area contributed by atoms with E-state index in [4.69, 9.17) is 0 Å². The summed E-state index contributed by atoms with van der Waals surface area (Å²) in [4.78, 5) is 18.1.